The first-order valence-electron chi connectivity index (χ1n) is 11.8. The van der Waals surface area contributed by atoms with Crippen LogP contribution < -0.4 is 21.7 Å². The quantitative estimate of drug-likeness (QED) is 0.412. The zero-order valence-electron chi connectivity index (χ0n) is 20.5. The summed E-state index contributed by atoms with van der Waals surface area (Å²) in [4.78, 5) is 40.8. The molecule has 3 aromatic rings. The van der Waals surface area contributed by atoms with Gasteiger partial charge in [-0.1, -0.05) is 29.8 Å². The van der Waals surface area contributed by atoms with E-state index in [0.29, 0.717) is 17.9 Å². The summed E-state index contributed by atoms with van der Waals surface area (Å²) < 4.78 is 23.4. The molecule has 0 unspecified atom stereocenters. The van der Waals surface area contributed by atoms with E-state index < -0.39 is 29.6 Å². The van der Waals surface area contributed by atoms with Crippen LogP contribution in [0.4, 0.5) is 15.8 Å². The van der Waals surface area contributed by atoms with Crippen molar-refractivity contribution in [2.75, 3.05) is 23.8 Å². The average molecular weight is 526 g/mol. The summed E-state index contributed by atoms with van der Waals surface area (Å²) in [5.74, 6) is -2.47. The Hall–Kier alpha value is -3.83. The van der Waals surface area contributed by atoms with Gasteiger partial charge in [0.1, 0.15) is 16.7 Å². The van der Waals surface area contributed by atoms with Crippen molar-refractivity contribution in [1.29, 1.82) is 0 Å². The molecule has 2 atom stereocenters. The molecule has 0 radical (unpaired) electrons. The Labute approximate surface area is 217 Å². The number of carbonyl (C=O) groups excluding carboxylic acids is 3. The van der Waals surface area contributed by atoms with Gasteiger partial charge in [-0.2, -0.15) is 4.37 Å². The fourth-order valence-corrected chi connectivity index (χ4v) is 5.10. The Morgan fingerprint density at radius 2 is 1.95 bits per heavy atom. The number of anilines is 2. The van der Waals surface area contributed by atoms with Crippen molar-refractivity contribution in [2.45, 2.75) is 38.8 Å². The lowest BCUT2D eigenvalue weighted by atomic mass is 10.0. The van der Waals surface area contributed by atoms with Crippen LogP contribution in [0, 0.1) is 19.7 Å². The molecule has 1 aliphatic heterocycles. The molecule has 11 heteroatoms. The maximum absolute atomic E-state index is 14.1. The minimum absolute atomic E-state index is 0.0344. The fourth-order valence-electron chi connectivity index (χ4n) is 4.36. The third-order valence-electron chi connectivity index (χ3n) is 6.21. The Morgan fingerprint density at radius 1 is 1.22 bits per heavy atom. The van der Waals surface area contributed by atoms with Crippen LogP contribution in [0.1, 0.15) is 55.7 Å². The molecule has 3 amide bonds. The Kier molecular flexibility index (Phi) is 7.84. The number of nitrogens with two attached hydrogens (primary N) is 2. The predicted octanol–water partition coefficient (Wildman–Crippen LogP) is 3.26. The highest BCUT2D eigenvalue weighted by atomic mass is 32.1. The van der Waals surface area contributed by atoms with Crippen molar-refractivity contribution < 1.29 is 23.5 Å². The number of hydrogen-bond donors (Lipinski definition) is 3. The largest absolute Gasteiger partial charge is 0.395 e. The zero-order valence-corrected chi connectivity index (χ0v) is 21.3. The lowest BCUT2D eigenvalue weighted by molar-refractivity contribution is -0.123. The summed E-state index contributed by atoms with van der Waals surface area (Å²) in [7, 11) is 0. The lowest BCUT2D eigenvalue weighted by Crippen LogP contribution is -2.46. The van der Waals surface area contributed by atoms with E-state index in [2.05, 4.69) is 9.69 Å². The number of nitrogens with one attached hydrogen (secondary N) is 1. The summed E-state index contributed by atoms with van der Waals surface area (Å²) in [5, 5.41) is 2.89. The third-order valence-corrected chi connectivity index (χ3v) is 7.06. The predicted molar refractivity (Wildman–Crippen MR) is 139 cm³/mol. The van der Waals surface area contributed by atoms with Gasteiger partial charge in [0.25, 0.3) is 11.8 Å². The van der Waals surface area contributed by atoms with Crippen LogP contribution in [0.25, 0.3) is 0 Å². The number of primary amides is 1. The minimum Gasteiger partial charge on any atom is -0.395 e. The summed E-state index contributed by atoms with van der Waals surface area (Å²) in [6.07, 6.45) is 1.59. The number of aromatic nitrogens is 1. The van der Waals surface area contributed by atoms with Crippen molar-refractivity contribution in [3.05, 3.63) is 75.5 Å². The minimum atomic E-state index is -1.19. The van der Waals surface area contributed by atoms with E-state index in [9.17, 15) is 18.8 Å². The van der Waals surface area contributed by atoms with Gasteiger partial charge < -0.3 is 21.5 Å². The van der Waals surface area contributed by atoms with Gasteiger partial charge in [0, 0.05) is 18.8 Å². The number of ether oxygens (including phenoxy) is 1. The summed E-state index contributed by atoms with van der Waals surface area (Å²) in [6.45, 7) is 4.62. The van der Waals surface area contributed by atoms with Crippen LogP contribution in [-0.4, -0.2) is 41.4 Å². The van der Waals surface area contributed by atoms with Crippen LogP contribution in [0.15, 0.2) is 42.5 Å². The number of amides is 3. The number of carbonyl (C=O) groups is 3. The number of hydrogen-bond acceptors (Lipinski definition) is 7. The van der Waals surface area contributed by atoms with Crippen molar-refractivity contribution in [1.82, 2.24) is 9.69 Å². The van der Waals surface area contributed by atoms with Gasteiger partial charge in [-0.15, -0.1) is 0 Å². The van der Waals surface area contributed by atoms with Crippen molar-refractivity contribution >= 4 is 40.6 Å². The first-order valence-corrected chi connectivity index (χ1v) is 12.5. The van der Waals surface area contributed by atoms with E-state index >= 15 is 0 Å². The van der Waals surface area contributed by atoms with Crippen LogP contribution in [0.5, 0.6) is 0 Å². The van der Waals surface area contributed by atoms with E-state index in [0.717, 1.165) is 35.5 Å². The van der Waals surface area contributed by atoms with E-state index in [-0.39, 0.29) is 28.9 Å². The molecule has 0 saturated carbocycles. The van der Waals surface area contributed by atoms with Crippen LogP contribution >= 0.6 is 11.5 Å². The number of nitrogen functional groups attached to an aromatic ring is 1. The first-order chi connectivity index (χ1) is 17.7. The molecule has 37 heavy (non-hydrogen) atoms. The maximum Gasteiger partial charge on any atom is 0.273 e. The summed E-state index contributed by atoms with van der Waals surface area (Å²) in [5.41, 5.74) is 13.6. The Balaban J connectivity index is 1.84. The van der Waals surface area contributed by atoms with Crippen molar-refractivity contribution in [3.8, 4) is 0 Å². The van der Waals surface area contributed by atoms with Gasteiger partial charge in [0.05, 0.1) is 11.8 Å². The van der Waals surface area contributed by atoms with Gasteiger partial charge in [0.2, 0.25) is 5.91 Å². The first kappa shape index (κ1) is 26.2. The highest BCUT2D eigenvalue weighted by molar-refractivity contribution is 7.09. The van der Waals surface area contributed by atoms with Gasteiger partial charge in [-0.3, -0.25) is 19.3 Å². The van der Waals surface area contributed by atoms with Gasteiger partial charge in [0.15, 0.2) is 5.69 Å². The second-order valence-electron chi connectivity index (χ2n) is 8.94. The van der Waals surface area contributed by atoms with Gasteiger partial charge in [-0.05, 0) is 67.5 Å². The molecule has 1 saturated heterocycles. The number of benzene rings is 2. The molecule has 0 spiro atoms. The highest BCUT2D eigenvalue weighted by Crippen LogP contribution is 2.35. The van der Waals surface area contributed by atoms with Crippen LogP contribution in [0.3, 0.4) is 0 Å². The molecule has 5 N–H and O–H groups in total. The number of nitrogens with zero attached hydrogens (tertiary/aromatic N) is 2. The Bertz CT molecular complexity index is 1320. The molecule has 0 aliphatic carbocycles. The summed E-state index contributed by atoms with van der Waals surface area (Å²) in [6, 6.07) is 9.62. The molecule has 1 aliphatic rings. The fraction of sp³-hybridized carbons (Fsp3) is 0.308. The topological polar surface area (TPSA) is 141 Å². The SMILES string of the molecule is Cc1ccc(N(C(=O)c2snc(C(N)=O)c2N)[C@H](C(=O)NC[C@@H]2CCCO2)c2ccc(F)cc2)c(C)c1. The third kappa shape index (κ3) is 5.62. The van der Waals surface area contributed by atoms with E-state index in [1.54, 1.807) is 6.07 Å². The number of halogens is 1. The molecule has 2 heterocycles. The molecular weight excluding hydrogens is 497 g/mol. The van der Waals surface area contributed by atoms with Crippen molar-refractivity contribution in [2.24, 2.45) is 5.73 Å². The zero-order chi connectivity index (χ0) is 26.7. The molecule has 9 nitrogen and oxygen atoms in total. The standard InChI is InChI=1S/C26H28FN5O4S/c1-14-5-10-19(15(2)12-14)32(26(35)23-20(28)21(24(29)33)31-37-23)22(16-6-8-17(27)9-7-16)25(34)30-13-18-4-3-11-36-18/h5-10,12,18,22H,3-4,11,13,28H2,1-2H3,(H2,29,33)(H,30,34)/t18-,22-/m0/s1. The van der Waals surface area contributed by atoms with E-state index in [4.69, 9.17) is 16.2 Å². The normalized spacial score (nSPS) is 15.8. The second kappa shape index (κ2) is 11.1. The molecule has 2 aromatic carbocycles. The monoisotopic (exact) mass is 525 g/mol. The Morgan fingerprint density at radius 3 is 2.54 bits per heavy atom. The van der Waals surface area contributed by atoms with Crippen LogP contribution in [0.2, 0.25) is 0 Å². The van der Waals surface area contributed by atoms with Crippen LogP contribution in [-0.2, 0) is 9.53 Å². The van der Waals surface area contributed by atoms with Gasteiger partial charge in [-0.25, -0.2) is 4.39 Å². The number of aryl methyl sites for hydroxylation is 2. The average Bonchev–Trinajstić information content (AvgIpc) is 3.52. The highest BCUT2D eigenvalue weighted by Gasteiger charge is 2.37. The maximum atomic E-state index is 14.1. The molecule has 1 fully saturated rings. The lowest BCUT2D eigenvalue weighted by Gasteiger charge is -2.32. The smallest absolute Gasteiger partial charge is 0.273 e. The second-order valence-corrected chi connectivity index (χ2v) is 9.71. The van der Waals surface area contributed by atoms with Crippen molar-refractivity contribution in [3.63, 3.8) is 0 Å². The molecule has 194 valence electrons. The molecular formula is C26H28FN5O4S. The molecule has 4 rings (SSSR count). The number of rotatable bonds is 8. The molecule has 0 bridgehead atoms. The van der Waals surface area contributed by atoms with E-state index in [1.165, 1.54) is 29.2 Å². The molecule has 1 aromatic heterocycles. The van der Waals surface area contributed by atoms with E-state index in [1.807, 2.05) is 26.0 Å². The summed E-state index contributed by atoms with van der Waals surface area (Å²) >= 11 is 0.726. The van der Waals surface area contributed by atoms with Gasteiger partial charge >= 0.3 is 0 Å².